The lowest BCUT2D eigenvalue weighted by atomic mass is 10.0. The molecule has 6 N–H and O–H groups in total. The van der Waals surface area contributed by atoms with Crippen LogP contribution in [0.1, 0.15) is 123 Å². The minimum absolute atomic E-state index is 0.0861. The van der Waals surface area contributed by atoms with Gasteiger partial charge in [0.2, 0.25) is 0 Å². The number of esters is 3. The zero-order valence-electron chi connectivity index (χ0n) is 42.9. The van der Waals surface area contributed by atoms with Crippen molar-refractivity contribution in [3.05, 3.63) is 124 Å². The van der Waals surface area contributed by atoms with Crippen molar-refractivity contribution < 1.29 is 71.7 Å². The van der Waals surface area contributed by atoms with Gasteiger partial charge in [0, 0.05) is 16.7 Å². The first-order valence-electron chi connectivity index (χ1n) is 23.6. The molecule has 21 nitrogen and oxygen atoms in total. The summed E-state index contributed by atoms with van der Waals surface area (Å²) in [5.41, 5.74) is -2.63. The average Bonchev–Trinajstić information content (AvgIpc) is 3.38. The molecule has 0 heterocycles. The van der Waals surface area contributed by atoms with Gasteiger partial charge in [0.05, 0.1) is 55.1 Å². The van der Waals surface area contributed by atoms with Crippen molar-refractivity contribution in [2.75, 3.05) is 37.3 Å². The Bertz CT molecular complexity index is 2560. The van der Waals surface area contributed by atoms with Crippen LogP contribution in [-0.4, -0.2) is 110 Å². The van der Waals surface area contributed by atoms with Crippen LogP contribution in [0, 0.1) is 17.8 Å². The number of benzene rings is 4. The lowest BCUT2D eigenvalue weighted by Crippen LogP contribution is -2.45. The lowest BCUT2D eigenvalue weighted by molar-refractivity contribution is -0.145. The third kappa shape index (κ3) is 16.3. The fraction of sp³-hybridized carbons (Fsp3) is 0.333. The van der Waals surface area contributed by atoms with Crippen LogP contribution < -0.4 is 31.9 Å². The number of ether oxygens (including phenoxy) is 3. The van der Waals surface area contributed by atoms with Gasteiger partial charge in [0.15, 0.2) is 0 Å². The zero-order valence-corrected chi connectivity index (χ0v) is 42.9. The van der Waals surface area contributed by atoms with Crippen molar-refractivity contribution in [3.8, 4) is 0 Å². The first-order valence-corrected chi connectivity index (χ1v) is 23.6. The smallest absolute Gasteiger partial charge is 0.328 e. The molecule has 75 heavy (non-hydrogen) atoms. The van der Waals surface area contributed by atoms with Gasteiger partial charge in [0.25, 0.3) is 52.8 Å². The molecule has 0 aliphatic heterocycles. The van der Waals surface area contributed by atoms with E-state index >= 15 is 0 Å². The highest BCUT2D eigenvalue weighted by Gasteiger charge is 2.32. The maximum atomic E-state index is 14.2. The Balaban J connectivity index is 1.76. The van der Waals surface area contributed by atoms with Gasteiger partial charge in [-0.15, -0.1) is 0 Å². The zero-order chi connectivity index (χ0) is 55.7. The van der Waals surface area contributed by atoms with E-state index in [9.17, 15) is 57.5 Å². The number of amides is 6. The van der Waals surface area contributed by atoms with Crippen LogP contribution in [0.2, 0.25) is 0 Å². The largest absolute Gasteiger partial charge is 0.467 e. The number of ketones is 3. The van der Waals surface area contributed by atoms with Crippen LogP contribution >= 0.6 is 0 Å². The fourth-order valence-electron chi connectivity index (χ4n) is 7.50. The summed E-state index contributed by atoms with van der Waals surface area (Å²) in [5.74, 6) is -12.6. The van der Waals surface area contributed by atoms with Crippen molar-refractivity contribution in [1.29, 1.82) is 0 Å². The minimum atomic E-state index is -1.18. The van der Waals surface area contributed by atoms with Gasteiger partial charge in [-0.3, -0.25) is 43.2 Å². The van der Waals surface area contributed by atoms with E-state index in [1.54, 1.807) is 41.5 Å². The van der Waals surface area contributed by atoms with Gasteiger partial charge in [0.1, 0.15) is 18.1 Å². The van der Waals surface area contributed by atoms with Crippen LogP contribution in [-0.2, 0) is 43.0 Å². The third-order valence-electron chi connectivity index (χ3n) is 11.1. The summed E-state index contributed by atoms with van der Waals surface area (Å²) in [6.07, 6.45) is 0.429. The second kappa shape index (κ2) is 27.3. The number of carbonyl (C=O) groups is 12. The molecule has 3 atom stereocenters. The van der Waals surface area contributed by atoms with Crippen molar-refractivity contribution in [3.63, 3.8) is 0 Å². The summed E-state index contributed by atoms with van der Waals surface area (Å²) in [7, 11) is 3.38. The maximum Gasteiger partial charge on any atom is 0.328 e. The number of rotatable bonds is 24. The van der Waals surface area contributed by atoms with Gasteiger partial charge in [-0.25, -0.2) is 14.4 Å². The number of Topliss-reactive ketones (excluding diaryl/α,β-unsaturated/α-hetero) is 3. The molecule has 6 amide bonds. The number of hydrogen-bond acceptors (Lipinski definition) is 15. The minimum Gasteiger partial charge on any atom is -0.467 e. The average molecular weight is 1030 g/mol. The normalized spacial score (nSPS) is 12.0. The van der Waals surface area contributed by atoms with E-state index in [-0.39, 0.29) is 87.5 Å². The van der Waals surface area contributed by atoms with Gasteiger partial charge >= 0.3 is 17.9 Å². The Morgan fingerprint density at radius 2 is 0.600 bits per heavy atom. The van der Waals surface area contributed by atoms with Crippen LogP contribution in [0.4, 0.5) is 17.1 Å². The molecule has 0 radical (unpaired) electrons. The van der Waals surface area contributed by atoms with Gasteiger partial charge < -0.3 is 46.1 Å². The summed E-state index contributed by atoms with van der Waals surface area (Å²) >= 11 is 0. The number of carbonyl (C=O) groups excluding carboxylic acids is 12. The van der Waals surface area contributed by atoms with E-state index in [4.69, 9.17) is 14.2 Å². The molecule has 0 aromatic heterocycles. The molecule has 0 spiro atoms. The molecule has 4 rings (SSSR count). The molecule has 0 bridgehead atoms. The number of para-hydroxylation sites is 3. The van der Waals surface area contributed by atoms with Crippen molar-refractivity contribution in [1.82, 2.24) is 16.0 Å². The summed E-state index contributed by atoms with van der Waals surface area (Å²) in [4.78, 5) is 161. The monoisotopic (exact) mass is 1030 g/mol. The Morgan fingerprint density at radius 1 is 0.373 bits per heavy atom. The molecule has 4 aromatic carbocycles. The van der Waals surface area contributed by atoms with E-state index < -0.39 is 88.8 Å². The van der Waals surface area contributed by atoms with E-state index in [1.165, 1.54) is 72.8 Å². The summed E-state index contributed by atoms with van der Waals surface area (Å²) < 4.78 is 14.4. The third-order valence-corrected chi connectivity index (χ3v) is 11.1. The topological polar surface area (TPSA) is 305 Å². The molecule has 396 valence electrons. The fourth-order valence-corrected chi connectivity index (χ4v) is 7.50. The number of methoxy groups -OCH3 is 3. The SMILES string of the molecule is COC(=O)[C@H](CC(C)C)NC(=O)C(=O)c1ccccc1NC(=O)c1cc(C(=O)Nc2ccccc2C(=O)C(=O)N[C@@H](CC(C)C)C(=O)OC)cc(C(=O)Nc2ccccc2C(=O)C(=O)N[C@@H](CC(C)C)C(=O)OC)c1. The molecule has 4 aromatic rings. The second-order valence-electron chi connectivity index (χ2n) is 18.3. The van der Waals surface area contributed by atoms with Crippen molar-refractivity contribution in [2.45, 2.75) is 78.9 Å². The summed E-state index contributed by atoms with van der Waals surface area (Å²) in [6, 6.07) is 15.9. The molecule has 21 heteroatoms. The molecule has 0 saturated heterocycles. The lowest BCUT2D eigenvalue weighted by Gasteiger charge is -2.18. The highest BCUT2D eigenvalue weighted by atomic mass is 16.5. The first-order chi connectivity index (χ1) is 35.5. The number of anilines is 3. The molecule has 0 aliphatic rings. The van der Waals surface area contributed by atoms with Crippen LogP contribution in [0.25, 0.3) is 0 Å². The Morgan fingerprint density at radius 3 is 0.813 bits per heavy atom. The van der Waals surface area contributed by atoms with E-state index in [2.05, 4.69) is 31.9 Å². The molecule has 0 saturated carbocycles. The Labute approximate surface area is 432 Å². The number of nitrogens with one attached hydrogen (secondary N) is 6. The standard InChI is InChI=1S/C54H60N6O15/c1-28(2)22-40(52(70)73-7)58-49(67)43(61)34-16-10-13-19-37(34)55-46(64)31-25-32(47(65)56-38-20-14-11-17-35(38)44(62)50(68)59-41(23-29(3)4)53(71)74-8)27-33(26-31)48(66)57-39-21-15-12-18-36(39)45(63)51(69)60-42(24-30(5)6)54(72)75-9/h10-21,25-30,40-42H,22-24H2,1-9H3,(H,55,64)(H,56,65)(H,57,66)(H,58,67)(H,59,68)(H,60,69)/t40-,41-,42-/m0/s1. The predicted molar refractivity (Wildman–Crippen MR) is 273 cm³/mol. The van der Waals surface area contributed by atoms with Crippen LogP contribution in [0.5, 0.6) is 0 Å². The van der Waals surface area contributed by atoms with E-state index in [0.717, 1.165) is 39.5 Å². The van der Waals surface area contributed by atoms with Gasteiger partial charge in [-0.1, -0.05) is 77.9 Å². The van der Waals surface area contributed by atoms with Gasteiger partial charge in [-0.2, -0.15) is 0 Å². The molecule has 0 fully saturated rings. The predicted octanol–water partition coefficient (Wildman–Crippen LogP) is 5.10. The van der Waals surface area contributed by atoms with Crippen molar-refractivity contribution in [2.24, 2.45) is 17.8 Å². The van der Waals surface area contributed by atoms with Crippen LogP contribution in [0.3, 0.4) is 0 Å². The highest BCUT2D eigenvalue weighted by molar-refractivity contribution is 6.45. The maximum absolute atomic E-state index is 14.2. The highest BCUT2D eigenvalue weighted by Crippen LogP contribution is 2.24. The number of hydrogen-bond donors (Lipinski definition) is 6. The van der Waals surface area contributed by atoms with Crippen LogP contribution in [0.15, 0.2) is 91.0 Å². The van der Waals surface area contributed by atoms with E-state index in [1.807, 2.05) is 0 Å². The quantitative estimate of drug-likeness (QED) is 0.0230. The second-order valence-corrected chi connectivity index (χ2v) is 18.3. The van der Waals surface area contributed by atoms with Gasteiger partial charge in [-0.05, 0) is 91.6 Å². The summed E-state index contributed by atoms with van der Waals surface area (Å²) in [5, 5.41) is 14.7. The molecular weight excluding hydrogens is 973 g/mol. The first kappa shape index (κ1) is 58.7. The molecular formula is C54H60N6O15. The molecule has 0 aliphatic carbocycles. The van der Waals surface area contributed by atoms with Crippen molar-refractivity contribution >= 4 is 87.8 Å². The Hall–Kier alpha value is -8.88. The molecule has 0 unspecified atom stereocenters. The summed E-state index contributed by atoms with van der Waals surface area (Å²) in [6.45, 7) is 10.8. The Kier molecular flexibility index (Phi) is 21.3. The van der Waals surface area contributed by atoms with E-state index in [0.29, 0.717) is 0 Å².